The van der Waals surface area contributed by atoms with Crippen LogP contribution in [0.15, 0.2) is 47.6 Å². The van der Waals surface area contributed by atoms with Gasteiger partial charge in [0.1, 0.15) is 5.75 Å². The van der Waals surface area contributed by atoms with E-state index in [4.69, 9.17) is 9.73 Å². The molecule has 0 saturated carbocycles. The summed E-state index contributed by atoms with van der Waals surface area (Å²) in [5, 5.41) is 3.38. The standard InChI is InChI=1S/C20H30N4O.HI/c1-5-21-20(24(4)16-18-11-9-15-23(18)3)22-14-13-17-10-7-8-12-19(17)25-6-2;/h7-12,15H,5-6,13-14,16H2,1-4H3,(H,21,22);1H. The molecule has 1 heterocycles. The number of aromatic nitrogens is 1. The van der Waals surface area contributed by atoms with Gasteiger partial charge in [-0.25, -0.2) is 0 Å². The number of halogens is 1. The topological polar surface area (TPSA) is 41.8 Å². The molecule has 0 amide bonds. The van der Waals surface area contributed by atoms with Gasteiger partial charge in [0.25, 0.3) is 0 Å². The number of nitrogens with zero attached hydrogens (tertiary/aromatic N) is 3. The van der Waals surface area contributed by atoms with Gasteiger partial charge in [-0.2, -0.15) is 0 Å². The number of aliphatic imine (C=N–C) groups is 1. The van der Waals surface area contributed by atoms with E-state index in [2.05, 4.69) is 60.2 Å². The number of nitrogens with one attached hydrogen (secondary N) is 1. The molecule has 0 saturated heterocycles. The second kappa shape index (κ2) is 11.8. The fourth-order valence-electron chi connectivity index (χ4n) is 2.74. The summed E-state index contributed by atoms with van der Waals surface area (Å²) in [7, 11) is 4.14. The van der Waals surface area contributed by atoms with Gasteiger partial charge in [0.2, 0.25) is 0 Å². The van der Waals surface area contributed by atoms with Crippen LogP contribution in [0, 0.1) is 0 Å². The molecule has 1 aromatic carbocycles. The fraction of sp³-hybridized carbons (Fsp3) is 0.450. The smallest absolute Gasteiger partial charge is 0.194 e. The van der Waals surface area contributed by atoms with E-state index in [0.29, 0.717) is 6.61 Å². The second-order valence-corrected chi connectivity index (χ2v) is 5.99. The molecule has 1 aromatic heterocycles. The van der Waals surface area contributed by atoms with Gasteiger partial charge < -0.3 is 19.5 Å². The average Bonchev–Trinajstić information content (AvgIpc) is 3.00. The van der Waals surface area contributed by atoms with Crippen molar-refractivity contribution >= 4 is 29.9 Å². The number of hydrogen-bond acceptors (Lipinski definition) is 2. The lowest BCUT2D eigenvalue weighted by molar-refractivity contribution is 0.336. The molecule has 0 radical (unpaired) electrons. The van der Waals surface area contributed by atoms with Crippen LogP contribution >= 0.6 is 24.0 Å². The molecule has 2 aromatic rings. The monoisotopic (exact) mass is 470 g/mol. The first-order valence-electron chi connectivity index (χ1n) is 8.96. The highest BCUT2D eigenvalue weighted by molar-refractivity contribution is 14.0. The van der Waals surface area contributed by atoms with Gasteiger partial charge in [-0.05, 0) is 44.0 Å². The largest absolute Gasteiger partial charge is 0.494 e. The highest BCUT2D eigenvalue weighted by Crippen LogP contribution is 2.18. The second-order valence-electron chi connectivity index (χ2n) is 5.99. The number of rotatable bonds is 8. The zero-order valence-electron chi connectivity index (χ0n) is 16.2. The van der Waals surface area contributed by atoms with Crippen LogP contribution in [0.25, 0.3) is 0 Å². The van der Waals surface area contributed by atoms with Crippen LogP contribution in [0.3, 0.4) is 0 Å². The van der Waals surface area contributed by atoms with Gasteiger partial charge in [-0.1, -0.05) is 18.2 Å². The number of benzene rings is 1. The van der Waals surface area contributed by atoms with Crippen LogP contribution in [0.1, 0.15) is 25.1 Å². The third-order valence-corrected chi connectivity index (χ3v) is 4.06. The number of hydrogen-bond donors (Lipinski definition) is 1. The summed E-state index contributed by atoms with van der Waals surface area (Å²) in [6.45, 7) is 7.19. The normalized spacial score (nSPS) is 11.0. The zero-order valence-corrected chi connectivity index (χ0v) is 18.6. The molecule has 26 heavy (non-hydrogen) atoms. The predicted molar refractivity (Wildman–Crippen MR) is 120 cm³/mol. The Morgan fingerprint density at radius 1 is 1.19 bits per heavy atom. The Balaban J connectivity index is 0.00000338. The van der Waals surface area contributed by atoms with E-state index in [9.17, 15) is 0 Å². The Morgan fingerprint density at radius 3 is 2.62 bits per heavy atom. The Bertz CT molecular complexity index is 684. The van der Waals surface area contributed by atoms with Gasteiger partial charge in [0, 0.05) is 39.1 Å². The average molecular weight is 470 g/mol. The van der Waals surface area contributed by atoms with Crippen molar-refractivity contribution in [1.29, 1.82) is 0 Å². The molecule has 0 aliphatic heterocycles. The molecule has 0 bridgehead atoms. The van der Waals surface area contributed by atoms with E-state index in [-0.39, 0.29) is 24.0 Å². The molecule has 2 rings (SSSR count). The third-order valence-electron chi connectivity index (χ3n) is 4.06. The Labute approximate surface area is 174 Å². The minimum absolute atomic E-state index is 0. The molecular formula is C20H31IN4O. The Morgan fingerprint density at radius 2 is 1.96 bits per heavy atom. The first kappa shape index (κ1) is 22.3. The summed E-state index contributed by atoms with van der Waals surface area (Å²) in [6.07, 6.45) is 2.93. The first-order valence-corrected chi connectivity index (χ1v) is 8.96. The van der Waals surface area contributed by atoms with Crippen LogP contribution < -0.4 is 10.1 Å². The summed E-state index contributed by atoms with van der Waals surface area (Å²) in [4.78, 5) is 6.95. The van der Waals surface area contributed by atoms with Crippen LogP contribution in [0.4, 0.5) is 0 Å². The lowest BCUT2D eigenvalue weighted by Gasteiger charge is -2.22. The Kier molecular flexibility index (Phi) is 10.2. The zero-order chi connectivity index (χ0) is 18.1. The molecule has 0 aliphatic carbocycles. The maximum absolute atomic E-state index is 5.70. The van der Waals surface area contributed by atoms with E-state index in [1.54, 1.807) is 0 Å². The minimum Gasteiger partial charge on any atom is -0.494 e. The van der Waals surface area contributed by atoms with Crippen LogP contribution in [-0.2, 0) is 20.0 Å². The Hall–Kier alpha value is -1.70. The maximum atomic E-state index is 5.70. The SMILES string of the molecule is CCNC(=NCCc1ccccc1OCC)N(C)Cc1cccn1C.I. The lowest BCUT2D eigenvalue weighted by Crippen LogP contribution is -2.39. The van der Waals surface area contributed by atoms with Gasteiger partial charge in [0.15, 0.2) is 5.96 Å². The van der Waals surface area contributed by atoms with Crippen molar-refractivity contribution in [3.8, 4) is 5.75 Å². The number of para-hydroxylation sites is 1. The lowest BCUT2D eigenvalue weighted by atomic mass is 10.1. The molecular weight excluding hydrogens is 439 g/mol. The van der Waals surface area contributed by atoms with E-state index < -0.39 is 0 Å². The number of aryl methyl sites for hydroxylation is 1. The van der Waals surface area contributed by atoms with E-state index in [0.717, 1.165) is 37.8 Å². The minimum atomic E-state index is 0. The molecule has 6 heteroatoms. The van der Waals surface area contributed by atoms with Crippen molar-refractivity contribution in [3.63, 3.8) is 0 Å². The van der Waals surface area contributed by atoms with Gasteiger partial charge in [-0.15, -0.1) is 24.0 Å². The first-order chi connectivity index (χ1) is 12.2. The third kappa shape index (κ3) is 6.55. The number of guanidine groups is 1. The van der Waals surface area contributed by atoms with Crippen molar-refractivity contribution in [2.45, 2.75) is 26.8 Å². The van der Waals surface area contributed by atoms with E-state index >= 15 is 0 Å². The summed E-state index contributed by atoms with van der Waals surface area (Å²) in [6, 6.07) is 12.4. The van der Waals surface area contributed by atoms with Gasteiger partial charge in [-0.3, -0.25) is 4.99 Å². The maximum Gasteiger partial charge on any atom is 0.194 e. The fourth-order valence-corrected chi connectivity index (χ4v) is 2.74. The molecule has 1 N–H and O–H groups in total. The molecule has 0 fully saturated rings. The van der Waals surface area contributed by atoms with E-state index in [1.165, 1.54) is 11.3 Å². The summed E-state index contributed by atoms with van der Waals surface area (Å²) >= 11 is 0. The quantitative estimate of drug-likeness (QED) is 0.364. The van der Waals surface area contributed by atoms with Crippen molar-refractivity contribution < 1.29 is 4.74 Å². The summed E-state index contributed by atoms with van der Waals surface area (Å²) in [5.74, 6) is 1.89. The highest BCUT2D eigenvalue weighted by atomic mass is 127. The molecule has 0 aliphatic rings. The van der Waals surface area contributed by atoms with E-state index in [1.807, 2.05) is 25.1 Å². The van der Waals surface area contributed by atoms with Crippen molar-refractivity contribution in [1.82, 2.24) is 14.8 Å². The highest BCUT2D eigenvalue weighted by Gasteiger charge is 2.08. The number of ether oxygens (including phenoxy) is 1. The molecule has 5 nitrogen and oxygen atoms in total. The predicted octanol–water partition coefficient (Wildman–Crippen LogP) is 3.68. The van der Waals surface area contributed by atoms with Crippen LogP contribution in [0.2, 0.25) is 0 Å². The van der Waals surface area contributed by atoms with Crippen LogP contribution in [-0.4, -0.2) is 42.2 Å². The molecule has 0 atom stereocenters. The van der Waals surface area contributed by atoms with Crippen molar-refractivity contribution in [3.05, 3.63) is 53.9 Å². The molecule has 0 unspecified atom stereocenters. The van der Waals surface area contributed by atoms with Crippen molar-refractivity contribution in [2.75, 3.05) is 26.7 Å². The summed E-state index contributed by atoms with van der Waals surface area (Å²) < 4.78 is 7.83. The molecule has 144 valence electrons. The van der Waals surface area contributed by atoms with Crippen molar-refractivity contribution in [2.24, 2.45) is 12.0 Å². The van der Waals surface area contributed by atoms with Gasteiger partial charge in [0.05, 0.1) is 13.2 Å². The van der Waals surface area contributed by atoms with Gasteiger partial charge >= 0.3 is 0 Å². The molecule has 0 spiro atoms. The summed E-state index contributed by atoms with van der Waals surface area (Å²) in [5.41, 5.74) is 2.46. The van der Waals surface area contributed by atoms with Crippen LogP contribution in [0.5, 0.6) is 5.75 Å².